The summed E-state index contributed by atoms with van der Waals surface area (Å²) in [7, 11) is 6.71. The zero-order valence-electron chi connectivity index (χ0n) is 39.9. The molecule has 8 rings (SSSR count). The molecule has 9 heteroatoms. The van der Waals surface area contributed by atoms with E-state index in [2.05, 4.69) is 131 Å². The van der Waals surface area contributed by atoms with E-state index in [0.717, 1.165) is 92.1 Å². The minimum atomic E-state index is 0.135. The van der Waals surface area contributed by atoms with Gasteiger partial charge in [0.15, 0.2) is 23.0 Å². The van der Waals surface area contributed by atoms with Crippen molar-refractivity contribution in [3.8, 4) is 46.0 Å². The maximum absolute atomic E-state index is 10.7. The first-order valence-electron chi connectivity index (χ1n) is 22.3. The Morgan fingerprint density at radius 3 is 1.52 bits per heavy atom. The lowest BCUT2D eigenvalue weighted by molar-refractivity contribution is 0.112. The van der Waals surface area contributed by atoms with E-state index >= 15 is 0 Å². The van der Waals surface area contributed by atoms with E-state index in [1.807, 2.05) is 30.3 Å². The summed E-state index contributed by atoms with van der Waals surface area (Å²) in [5.74, 6) is 6.42. The predicted molar refractivity (Wildman–Crippen MR) is 261 cm³/mol. The van der Waals surface area contributed by atoms with Crippen LogP contribution >= 0.6 is 0 Å². The minimum Gasteiger partial charge on any atom is -0.493 e. The summed E-state index contributed by atoms with van der Waals surface area (Å²) in [6.45, 7) is 18.0. The SMILES string of the molecule is CC(C)(C)c1ccc(Oc2cccc(C=O)c2)cc1.COc1cc2c(cc1OC)CN(Cc1cccc(Oc3ccc(C(C)(C)C)cc3)c1)CC2.COc1cc2c(cc1OC)CNCC2. The van der Waals surface area contributed by atoms with Gasteiger partial charge in [-0.15, -0.1) is 0 Å². The Morgan fingerprint density at radius 1 is 0.538 bits per heavy atom. The van der Waals surface area contributed by atoms with Crippen molar-refractivity contribution in [1.29, 1.82) is 0 Å². The van der Waals surface area contributed by atoms with Gasteiger partial charge in [-0.05, 0) is 142 Å². The van der Waals surface area contributed by atoms with Gasteiger partial charge in [-0.1, -0.05) is 90.1 Å². The van der Waals surface area contributed by atoms with Crippen LogP contribution in [-0.2, 0) is 43.3 Å². The van der Waals surface area contributed by atoms with Crippen molar-refractivity contribution in [2.24, 2.45) is 0 Å². The Hall–Kier alpha value is -6.29. The van der Waals surface area contributed by atoms with Crippen LogP contribution in [0.25, 0.3) is 0 Å². The summed E-state index contributed by atoms with van der Waals surface area (Å²) in [4.78, 5) is 13.2. The molecular formula is C56H66N2O7. The average Bonchev–Trinajstić information content (AvgIpc) is 3.31. The van der Waals surface area contributed by atoms with E-state index in [0.29, 0.717) is 11.3 Å². The first kappa shape index (κ1) is 48.2. The monoisotopic (exact) mass is 878 g/mol. The highest BCUT2D eigenvalue weighted by atomic mass is 16.5. The van der Waals surface area contributed by atoms with Gasteiger partial charge in [0.2, 0.25) is 0 Å². The molecule has 65 heavy (non-hydrogen) atoms. The number of ether oxygens (including phenoxy) is 6. The summed E-state index contributed by atoms with van der Waals surface area (Å²) in [6, 6.07) is 40.3. The maximum Gasteiger partial charge on any atom is 0.161 e. The van der Waals surface area contributed by atoms with Gasteiger partial charge in [-0.2, -0.15) is 0 Å². The number of carbonyl (C=O) groups excluding carboxylic acids is 1. The van der Waals surface area contributed by atoms with Crippen LogP contribution in [-0.4, -0.2) is 52.7 Å². The predicted octanol–water partition coefficient (Wildman–Crippen LogP) is 12.3. The molecule has 0 atom stereocenters. The number of nitrogens with zero attached hydrogens (tertiary/aromatic N) is 1. The first-order valence-corrected chi connectivity index (χ1v) is 22.3. The number of rotatable bonds is 11. The lowest BCUT2D eigenvalue weighted by Gasteiger charge is -2.29. The molecule has 0 spiro atoms. The third kappa shape index (κ3) is 13.4. The van der Waals surface area contributed by atoms with E-state index in [9.17, 15) is 4.79 Å². The number of fused-ring (bicyclic) bond motifs is 2. The summed E-state index contributed by atoms with van der Waals surface area (Å²) >= 11 is 0. The molecule has 0 fully saturated rings. The molecule has 9 nitrogen and oxygen atoms in total. The van der Waals surface area contributed by atoms with Gasteiger partial charge in [0.1, 0.15) is 29.3 Å². The standard InChI is InChI=1S/C28H33NO3.C17H18O2.C11H15NO2/c1-28(2,3)23-9-11-24(12-10-23)32-25-8-6-7-20(15-25)18-29-14-13-21-16-26(30-4)27(31-5)17-22(21)19-29;1-17(2,3)14-7-9-15(10-8-14)19-16-6-4-5-13(11-16)12-18;1-13-10-5-8-3-4-12-7-9(8)6-11(10)14-2/h6-12,15-17H,13-14,18-19H2,1-5H3;4-12H,1-3H3;5-6,12H,3-4,7H2,1-2H3. The van der Waals surface area contributed by atoms with Crippen molar-refractivity contribution in [1.82, 2.24) is 10.2 Å². The molecule has 0 saturated heterocycles. The third-order valence-electron chi connectivity index (χ3n) is 11.6. The minimum absolute atomic E-state index is 0.135. The Kier molecular flexibility index (Phi) is 16.4. The van der Waals surface area contributed by atoms with Crippen LogP contribution in [0.1, 0.15) is 90.8 Å². The van der Waals surface area contributed by atoms with Gasteiger partial charge >= 0.3 is 0 Å². The zero-order chi connectivity index (χ0) is 46.6. The lowest BCUT2D eigenvalue weighted by atomic mass is 9.87. The molecule has 6 aromatic rings. The molecule has 2 aliphatic heterocycles. The molecule has 0 aliphatic carbocycles. The Bertz CT molecular complexity index is 2440. The quantitative estimate of drug-likeness (QED) is 0.128. The third-order valence-corrected chi connectivity index (χ3v) is 11.6. The second-order valence-corrected chi connectivity index (χ2v) is 18.4. The smallest absolute Gasteiger partial charge is 0.161 e. The first-order chi connectivity index (χ1) is 31.2. The van der Waals surface area contributed by atoms with Crippen molar-refractivity contribution in [3.63, 3.8) is 0 Å². The fourth-order valence-corrected chi connectivity index (χ4v) is 7.82. The topological polar surface area (TPSA) is 87.7 Å². The van der Waals surface area contributed by atoms with Crippen LogP contribution in [0.5, 0.6) is 46.0 Å². The summed E-state index contributed by atoms with van der Waals surface area (Å²) < 4.78 is 33.3. The fourth-order valence-electron chi connectivity index (χ4n) is 7.82. The molecule has 1 N–H and O–H groups in total. The normalized spacial score (nSPS) is 13.3. The van der Waals surface area contributed by atoms with Crippen molar-refractivity contribution in [2.75, 3.05) is 41.5 Å². The maximum atomic E-state index is 10.7. The highest BCUT2D eigenvalue weighted by Crippen LogP contribution is 2.35. The summed E-state index contributed by atoms with van der Waals surface area (Å²) in [5, 5.41) is 3.33. The zero-order valence-corrected chi connectivity index (χ0v) is 39.9. The van der Waals surface area contributed by atoms with Crippen molar-refractivity contribution >= 4 is 6.29 Å². The molecule has 0 amide bonds. The second kappa shape index (κ2) is 22.1. The highest BCUT2D eigenvalue weighted by Gasteiger charge is 2.20. The van der Waals surface area contributed by atoms with Crippen LogP contribution in [0, 0.1) is 0 Å². The number of nitrogens with one attached hydrogen (secondary N) is 1. The number of methoxy groups -OCH3 is 4. The van der Waals surface area contributed by atoms with Gasteiger partial charge < -0.3 is 33.7 Å². The summed E-state index contributed by atoms with van der Waals surface area (Å²) in [6.07, 6.45) is 2.89. The molecule has 0 aromatic heterocycles. The average molecular weight is 879 g/mol. The van der Waals surface area contributed by atoms with Crippen molar-refractivity contribution in [3.05, 3.63) is 166 Å². The number of hydrogen-bond donors (Lipinski definition) is 1. The number of carbonyl (C=O) groups is 1. The molecule has 2 aliphatic rings. The van der Waals surface area contributed by atoms with Gasteiger partial charge in [0, 0.05) is 31.7 Å². The van der Waals surface area contributed by atoms with E-state index in [-0.39, 0.29) is 10.8 Å². The molecule has 0 radical (unpaired) electrons. The molecule has 342 valence electrons. The van der Waals surface area contributed by atoms with Crippen molar-refractivity contribution in [2.45, 2.75) is 84.8 Å². The summed E-state index contributed by atoms with van der Waals surface area (Å²) in [5.41, 5.74) is 10.0. The molecular weight excluding hydrogens is 813 g/mol. The van der Waals surface area contributed by atoms with E-state index in [1.165, 1.54) is 38.9 Å². The van der Waals surface area contributed by atoms with Crippen molar-refractivity contribution < 1.29 is 33.2 Å². The Morgan fingerprint density at radius 2 is 1.02 bits per heavy atom. The molecule has 2 heterocycles. The van der Waals surface area contributed by atoms with E-state index in [1.54, 1.807) is 40.6 Å². The van der Waals surface area contributed by atoms with Crippen LogP contribution in [0.2, 0.25) is 0 Å². The van der Waals surface area contributed by atoms with E-state index < -0.39 is 0 Å². The molecule has 0 saturated carbocycles. The molecule has 6 aromatic carbocycles. The van der Waals surface area contributed by atoms with Crippen LogP contribution < -0.4 is 33.7 Å². The number of benzene rings is 6. The molecule has 0 unspecified atom stereocenters. The largest absolute Gasteiger partial charge is 0.493 e. The lowest BCUT2D eigenvalue weighted by Crippen LogP contribution is -2.30. The van der Waals surface area contributed by atoms with Gasteiger partial charge in [0.25, 0.3) is 0 Å². The Balaban J connectivity index is 0.000000179. The van der Waals surface area contributed by atoms with Gasteiger partial charge in [0.05, 0.1) is 28.4 Å². The highest BCUT2D eigenvalue weighted by molar-refractivity contribution is 5.75. The Labute approximate surface area is 386 Å². The van der Waals surface area contributed by atoms with E-state index in [4.69, 9.17) is 28.4 Å². The van der Waals surface area contributed by atoms with Crippen LogP contribution in [0.15, 0.2) is 121 Å². The molecule has 0 bridgehead atoms. The second-order valence-electron chi connectivity index (χ2n) is 18.4. The van der Waals surface area contributed by atoms with Crippen LogP contribution in [0.4, 0.5) is 0 Å². The number of hydrogen-bond acceptors (Lipinski definition) is 9. The van der Waals surface area contributed by atoms with Gasteiger partial charge in [-0.3, -0.25) is 9.69 Å². The fraction of sp³-hybridized carbons (Fsp3) is 0.339. The van der Waals surface area contributed by atoms with Crippen LogP contribution in [0.3, 0.4) is 0 Å². The van der Waals surface area contributed by atoms with Gasteiger partial charge in [-0.25, -0.2) is 0 Å². The number of aldehydes is 1.